The number of unbranched alkanes of at least 4 members (excludes halogenated alkanes) is 22. The second kappa shape index (κ2) is 33.5. The third-order valence-electron chi connectivity index (χ3n) is 7.80. The molecule has 0 aromatic rings. The van der Waals surface area contributed by atoms with E-state index >= 15 is 0 Å². The van der Waals surface area contributed by atoms with Crippen molar-refractivity contribution in [3.05, 3.63) is 0 Å². The van der Waals surface area contributed by atoms with Crippen molar-refractivity contribution in [2.75, 3.05) is 26.3 Å². The molecule has 0 aromatic carbocycles. The largest absolute Gasteiger partial charge is 0.466 e. The van der Waals surface area contributed by atoms with Gasteiger partial charge in [0.2, 0.25) is 0 Å². The van der Waals surface area contributed by atoms with Crippen molar-refractivity contribution >= 4 is 7.82 Å². The third-order valence-corrected chi connectivity index (χ3v) is 7.80. The molecule has 7 nitrogen and oxygen atoms in total. The summed E-state index contributed by atoms with van der Waals surface area (Å²) in [6.45, 7) is 6.74. The minimum absolute atomic E-state index is 0.201. The van der Waals surface area contributed by atoms with E-state index in [1.54, 1.807) is 0 Å². The second-order valence-electron chi connectivity index (χ2n) is 11.7. The van der Waals surface area contributed by atoms with Crippen LogP contribution in [0.5, 0.6) is 0 Å². The average molecular weight is 596 g/mol. The lowest BCUT2D eigenvalue weighted by Gasteiger charge is -2.30. The number of hydrogen-bond donors (Lipinski definition) is 5. The van der Waals surface area contributed by atoms with Gasteiger partial charge in [0.05, 0.1) is 13.2 Å². The molecule has 0 fully saturated rings. The van der Waals surface area contributed by atoms with Crippen LogP contribution >= 0.6 is 7.82 Å². The zero-order chi connectivity index (χ0) is 30.2. The molecule has 244 valence electrons. The molecule has 5 N–H and O–H groups in total. The molecule has 0 radical (unpaired) electrons. The molecule has 1 unspecified atom stereocenters. The van der Waals surface area contributed by atoms with E-state index in [1.807, 2.05) is 0 Å². The highest BCUT2D eigenvalue weighted by Crippen LogP contribution is 2.25. The van der Waals surface area contributed by atoms with Gasteiger partial charge in [0, 0.05) is 12.6 Å². The summed E-state index contributed by atoms with van der Waals surface area (Å²) in [6.07, 6.45) is 34.0. The summed E-state index contributed by atoms with van der Waals surface area (Å²) >= 11 is 0. The van der Waals surface area contributed by atoms with Crippen molar-refractivity contribution in [2.24, 2.45) is 0 Å². The Bertz CT molecular complexity index is 511. The van der Waals surface area contributed by atoms with E-state index in [1.165, 1.54) is 154 Å². The Morgan fingerprint density at radius 1 is 0.500 bits per heavy atom. The van der Waals surface area contributed by atoms with Crippen molar-refractivity contribution in [2.45, 2.75) is 180 Å². The summed E-state index contributed by atoms with van der Waals surface area (Å²) in [6, 6.07) is 0.234. The predicted molar refractivity (Wildman–Crippen MR) is 171 cm³/mol. The highest BCUT2D eigenvalue weighted by atomic mass is 31.2. The number of aliphatic hydroxyl groups excluding tert-OH is 2. The lowest BCUT2D eigenvalue weighted by molar-refractivity contribution is 0.0926. The third kappa shape index (κ3) is 38.0. The molecule has 0 amide bonds. The van der Waals surface area contributed by atoms with Crippen molar-refractivity contribution < 1.29 is 29.5 Å². The van der Waals surface area contributed by atoms with E-state index in [2.05, 4.69) is 18.7 Å². The van der Waals surface area contributed by atoms with Crippen LogP contribution in [0.1, 0.15) is 174 Å². The second-order valence-corrected chi connectivity index (χ2v) is 12.7. The first-order chi connectivity index (χ1) is 19.3. The van der Waals surface area contributed by atoms with Gasteiger partial charge in [-0.2, -0.15) is 0 Å². The molecular weight excluding hydrogens is 525 g/mol. The van der Waals surface area contributed by atoms with Gasteiger partial charge in [-0.05, 0) is 19.4 Å². The standard InChI is InChI=1S/C32H67NO2.H3O4P/c1-3-5-7-9-11-13-15-16-17-18-19-21-23-25-27-32(31-35)33(29-30-34)28-26-24-22-20-14-12-10-8-6-4-2;1-5(2,3)4/h32,34-35H,3-31H2,1-2H3;(H3,1,2,3,4). The molecule has 8 heteroatoms. The van der Waals surface area contributed by atoms with Crippen LogP contribution in [0.3, 0.4) is 0 Å². The SMILES string of the molecule is CCCCCCCCCCCCCCCCC(CO)N(CCO)CCCCCCCCCCCC.O=P(O)(O)O. The Kier molecular flexibility index (Phi) is 35.3. The Morgan fingerprint density at radius 3 is 1.10 bits per heavy atom. The van der Waals surface area contributed by atoms with Crippen LogP contribution in [0.4, 0.5) is 0 Å². The fraction of sp³-hybridized carbons (Fsp3) is 1.00. The summed E-state index contributed by atoms with van der Waals surface area (Å²) in [5.41, 5.74) is 0. The molecule has 0 spiro atoms. The van der Waals surface area contributed by atoms with Gasteiger partial charge in [0.1, 0.15) is 0 Å². The lowest BCUT2D eigenvalue weighted by Crippen LogP contribution is -2.40. The number of rotatable bonds is 30. The van der Waals surface area contributed by atoms with Gasteiger partial charge in [-0.25, -0.2) is 4.57 Å². The summed E-state index contributed by atoms with van der Waals surface area (Å²) in [7, 11) is -4.64. The highest BCUT2D eigenvalue weighted by molar-refractivity contribution is 7.45. The van der Waals surface area contributed by atoms with Gasteiger partial charge in [0.15, 0.2) is 0 Å². The van der Waals surface area contributed by atoms with E-state index in [-0.39, 0.29) is 19.3 Å². The minimum atomic E-state index is -4.64. The van der Waals surface area contributed by atoms with Gasteiger partial charge in [0.25, 0.3) is 0 Å². The maximum atomic E-state index is 9.96. The van der Waals surface area contributed by atoms with Gasteiger partial charge < -0.3 is 24.9 Å². The van der Waals surface area contributed by atoms with Crippen LogP contribution in [-0.2, 0) is 4.57 Å². The number of nitrogens with zero attached hydrogens (tertiary/aromatic N) is 1. The molecule has 0 saturated carbocycles. The first kappa shape index (κ1) is 42.1. The topological polar surface area (TPSA) is 121 Å². The van der Waals surface area contributed by atoms with Crippen molar-refractivity contribution in [3.8, 4) is 0 Å². The molecule has 0 heterocycles. The molecule has 40 heavy (non-hydrogen) atoms. The minimum Gasteiger partial charge on any atom is -0.395 e. The first-order valence-corrected chi connectivity index (χ1v) is 18.6. The summed E-state index contributed by atoms with van der Waals surface area (Å²) in [4.78, 5) is 23.9. The van der Waals surface area contributed by atoms with Gasteiger partial charge in [-0.15, -0.1) is 0 Å². The van der Waals surface area contributed by atoms with Crippen LogP contribution < -0.4 is 0 Å². The lowest BCUT2D eigenvalue weighted by atomic mass is 10.0. The zero-order valence-corrected chi connectivity index (χ0v) is 27.5. The normalized spacial score (nSPS) is 12.5. The van der Waals surface area contributed by atoms with Crippen LogP contribution in [-0.4, -0.2) is 62.1 Å². The molecule has 0 aliphatic rings. The van der Waals surface area contributed by atoms with E-state index in [9.17, 15) is 10.2 Å². The first-order valence-electron chi connectivity index (χ1n) is 17.0. The number of aliphatic hydroxyl groups is 2. The smallest absolute Gasteiger partial charge is 0.395 e. The summed E-state index contributed by atoms with van der Waals surface area (Å²) in [5, 5.41) is 19.5. The van der Waals surface area contributed by atoms with Crippen molar-refractivity contribution in [1.29, 1.82) is 0 Å². The van der Waals surface area contributed by atoms with Gasteiger partial charge >= 0.3 is 7.82 Å². The maximum Gasteiger partial charge on any atom is 0.466 e. The maximum absolute atomic E-state index is 9.96. The molecule has 0 aromatic heterocycles. The van der Waals surface area contributed by atoms with E-state index in [0.717, 1.165) is 13.0 Å². The zero-order valence-electron chi connectivity index (χ0n) is 26.6. The van der Waals surface area contributed by atoms with Gasteiger partial charge in [-0.3, -0.25) is 4.90 Å². The fourth-order valence-corrected chi connectivity index (χ4v) is 5.37. The van der Waals surface area contributed by atoms with E-state index < -0.39 is 7.82 Å². The number of phosphoric acid groups is 1. The van der Waals surface area contributed by atoms with Crippen LogP contribution in [0.15, 0.2) is 0 Å². The molecule has 0 saturated heterocycles. The fourth-order valence-electron chi connectivity index (χ4n) is 5.37. The quantitative estimate of drug-likeness (QED) is 0.0417. The molecule has 0 bridgehead atoms. The molecule has 0 aliphatic heterocycles. The van der Waals surface area contributed by atoms with E-state index in [4.69, 9.17) is 19.2 Å². The van der Waals surface area contributed by atoms with Gasteiger partial charge in [-0.1, -0.05) is 162 Å². The summed E-state index contributed by atoms with van der Waals surface area (Å²) < 4.78 is 8.88. The molecule has 1 atom stereocenters. The van der Waals surface area contributed by atoms with Crippen molar-refractivity contribution in [1.82, 2.24) is 4.90 Å². The van der Waals surface area contributed by atoms with Crippen LogP contribution in [0.25, 0.3) is 0 Å². The predicted octanol–water partition coefficient (Wildman–Crippen LogP) is 8.51. The molecule has 0 aliphatic carbocycles. The average Bonchev–Trinajstić information content (AvgIpc) is 2.90. The number of hydrogen-bond acceptors (Lipinski definition) is 4. The Labute approximate surface area is 248 Å². The molecule has 0 rings (SSSR count). The van der Waals surface area contributed by atoms with E-state index in [0.29, 0.717) is 6.54 Å². The van der Waals surface area contributed by atoms with Crippen LogP contribution in [0, 0.1) is 0 Å². The van der Waals surface area contributed by atoms with Crippen LogP contribution in [0.2, 0.25) is 0 Å². The van der Waals surface area contributed by atoms with Crippen molar-refractivity contribution in [3.63, 3.8) is 0 Å². The Hall–Kier alpha value is -0.0100. The Morgan fingerprint density at radius 2 is 0.800 bits per heavy atom. The summed E-state index contributed by atoms with van der Waals surface area (Å²) in [5.74, 6) is 0. The monoisotopic (exact) mass is 595 g/mol. The Balaban J connectivity index is 0. The molecular formula is C32H70NO6P. The highest BCUT2D eigenvalue weighted by Gasteiger charge is 2.16.